The van der Waals surface area contributed by atoms with Crippen LogP contribution in [-0.4, -0.2) is 35.0 Å². The number of benzene rings is 1. The maximum atomic E-state index is 11.9. The molecule has 5 nitrogen and oxygen atoms in total. The fraction of sp³-hybridized carbons (Fsp3) is 0.389. The van der Waals surface area contributed by atoms with Crippen LogP contribution in [0.25, 0.3) is 11.3 Å². The highest BCUT2D eigenvalue weighted by molar-refractivity contribution is 8.00. The number of carbonyl (C=O) groups excluding carboxylic acids is 2. The molecule has 0 aliphatic rings. The van der Waals surface area contributed by atoms with E-state index in [0.717, 1.165) is 16.8 Å². The molecule has 0 atom stereocenters. The molecule has 7 heteroatoms. The molecule has 0 aliphatic heterocycles. The van der Waals surface area contributed by atoms with Crippen LogP contribution in [-0.2, 0) is 14.3 Å². The molecule has 1 amide bonds. The number of thioether (sulfide) groups is 1. The minimum absolute atomic E-state index is 0.173. The number of hydrogen-bond donors (Lipinski definition) is 1. The van der Waals surface area contributed by atoms with Gasteiger partial charge in [-0.15, -0.1) is 23.1 Å². The number of rotatable bonds is 7. The number of anilines is 1. The first-order valence-electron chi connectivity index (χ1n) is 7.97. The molecule has 25 heavy (non-hydrogen) atoms. The largest absolute Gasteiger partial charge is 0.465 e. The van der Waals surface area contributed by atoms with Crippen molar-refractivity contribution in [2.24, 2.45) is 0 Å². The molecule has 0 fully saturated rings. The van der Waals surface area contributed by atoms with Crippen molar-refractivity contribution < 1.29 is 14.3 Å². The van der Waals surface area contributed by atoms with E-state index >= 15 is 0 Å². The summed E-state index contributed by atoms with van der Waals surface area (Å²) in [6.45, 7) is 8.34. The lowest BCUT2D eigenvalue weighted by Gasteiger charge is -2.07. The van der Waals surface area contributed by atoms with Crippen LogP contribution in [0.1, 0.15) is 23.6 Å². The van der Waals surface area contributed by atoms with E-state index in [4.69, 9.17) is 4.74 Å². The Labute approximate surface area is 156 Å². The molecule has 1 aromatic heterocycles. The Bertz CT molecular complexity index is 772. The average Bonchev–Trinajstić information content (AvgIpc) is 2.99. The predicted octanol–water partition coefficient (Wildman–Crippen LogP) is 3.97. The number of ether oxygens (including phenoxy) is 1. The minimum Gasteiger partial charge on any atom is -0.465 e. The number of nitrogens with one attached hydrogen (secondary N) is 1. The van der Waals surface area contributed by atoms with Crippen LogP contribution >= 0.6 is 23.1 Å². The zero-order valence-corrected chi connectivity index (χ0v) is 16.5. The van der Waals surface area contributed by atoms with E-state index in [1.165, 1.54) is 34.2 Å². The first kappa shape index (κ1) is 19.5. The number of aryl methyl sites for hydroxylation is 3. The van der Waals surface area contributed by atoms with Crippen molar-refractivity contribution >= 4 is 40.1 Å². The second kappa shape index (κ2) is 9.01. The normalized spacial score (nSPS) is 10.6. The fourth-order valence-corrected chi connectivity index (χ4v) is 3.61. The lowest BCUT2D eigenvalue weighted by atomic mass is 9.99. The van der Waals surface area contributed by atoms with Crippen LogP contribution in [0.3, 0.4) is 0 Å². The molecule has 1 heterocycles. The van der Waals surface area contributed by atoms with Gasteiger partial charge in [-0.1, -0.05) is 6.07 Å². The summed E-state index contributed by atoms with van der Waals surface area (Å²) < 4.78 is 4.82. The van der Waals surface area contributed by atoms with Crippen molar-refractivity contribution in [3.63, 3.8) is 0 Å². The van der Waals surface area contributed by atoms with Gasteiger partial charge in [-0.25, -0.2) is 4.98 Å². The van der Waals surface area contributed by atoms with Gasteiger partial charge in [0.2, 0.25) is 5.91 Å². The molecule has 0 spiro atoms. The molecule has 0 radical (unpaired) electrons. The molecular weight excluding hydrogens is 356 g/mol. The van der Waals surface area contributed by atoms with Gasteiger partial charge in [-0.3, -0.25) is 9.59 Å². The number of hydrogen-bond acceptors (Lipinski definition) is 6. The number of thiazole rings is 1. The van der Waals surface area contributed by atoms with Crippen molar-refractivity contribution in [2.45, 2.75) is 27.7 Å². The Morgan fingerprint density at radius 1 is 1.16 bits per heavy atom. The molecule has 1 N–H and O–H groups in total. The van der Waals surface area contributed by atoms with Crippen LogP contribution < -0.4 is 5.32 Å². The van der Waals surface area contributed by atoms with Gasteiger partial charge >= 0.3 is 5.97 Å². The maximum Gasteiger partial charge on any atom is 0.315 e. The molecule has 0 saturated heterocycles. The van der Waals surface area contributed by atoms with Gasteiger partial charge in [-0.2, -0.15) is 0 Å². The molecule has 1 aromatic carbocycles. The fourth-order valence-electron chi connectivity index (χ4n) is 2.28. The first-order chi connectivity index (χ1) is 11.9. The van der Waals surface area contributed by atoms with Crippen molar-refractivity contribution in [3.05, 3.63) is 34.2 Å². The van der Waals surface area contributed by atoms with Gasteiger partial charge in [0.1, 0.15) is 0 Å². The summed E-state index contributed by atoms with van der Waals surface area (Å²) >= 11 is 2.62. The van der Waals surface area contributed by atoms with Gasteiger partial charge in [-0.05, 0) is 50.5 Å². The molecule has 0 saturated carbocycles. The Kier molecular flexibility index (Phi) is 7.01. The third kappa shape index (κ3) is 5.57. The maximum absolute atomic E-state index is 11.9. The quantitative estimate of drug-likeness (QED) is 0.738. The van der Waals surface area contributed by atoms with E-state index in [1.54, 1.807) is 6.92 Å². The van der Waals surface area contributed by atoms with Crippen LogP contribution in [0.15, 0.2) is 17.5 Å². The Morgan fingerprint density at radius 3 is 2.60 bits per heavy atom. The van der Waals surface area contributed by atoms with Crippen molar-refractivity contribution in [1.29, 1.82) is 0 Å². The molecule has 0 aliphatic carbocycles. The van der Waals surface area contributed by atoms with E-state index in [-0.39, 0.29) is 23.4 Å². The van der Waals surface area contributed by atoms with E-state index in [1.807, 2.05) is 5.38 Å². The van der Waals surface area contributed by atoms with Gasteiger partial charge in [0.15, 0.2) is 5.13 Å². The zero-order chi connectivity index (χ0) is 18.4. The van der Waals surface area contributed by atoms with Crippen LogP contribution in [0.4, 0.5) is 5.13 Å². The third-order valence-corrected chi connectivity index (χ3v) is 5.29. The van der Waals surface area contributed by atoms with Crippen molar-refractivity contribution in [3.8, 4) is 11.3 Å². The van der Waals surface area contributed by atoms with Crippen LogP contribution in [0.5, 0.6) is 0 Å². The summed E-state index contributed by atoms with van der Waals surface area (Å²) in [5.74, 6) is -0.114. The van der Waals surface area contributed by atoms with Gasteiger partial charge in [0.05, 0.1) is 23.8 Å². The standard InChI is InChI=1S/C18H22N2O3S2/c1-5-23-17(22)10-24-9-16(21)20-18-19-15(8-25-18)14-7-12(3)11(2)6-13(14)4/h6-8H,5,9-10H2,1-4H3,(H,19,20,21). The number of aromatic nitrogens is 1. The highest BCUT2D eigenvalue weighted by Crippen LogP contribution is 2.29. The molecule has 134 valence electrons. The summed E-state index contributed by atoms with van der Waals surface area (Å²) in [5, 5.41) is 5.29. The summed E-state index contributed by atoms with van der Waals surface area (Å²) in [4.78, 5) is 27.7. The lowest BCUT2D eigenvalue weighted by molar-refractivity contribution is -0.139. The first-order valence-corrected chi connectivity index (χ1v) is 10.0. The minimum atomic E-state index is -0.304. The van der Waals surface area contributed by atoms with E-state index in [0.29, 0.717) is 11.7 Å². The van der Waals surface area contributed by atoms with Gasteiger partial charge in [0.25, 0.3) is 0 Å². The predicted molar refractivity (Wildman–Crippen MR) is 104 cm³/mol. The van der Waals surface area contributed by atoms with Crippen LogP contribution in [0.2, 0.25) is 0 Å². The average molecular weight is 379 g/mol. The molecule has 0 bridgehead atoms. The Morgan fingerprint density at radius 2 is 1.88 bits per heavy atom. The summed E-state index contributed by atoms with van der Waals surface area (Å²) in [7, 11) is 0. The molecule has 2 rings (SSSR count). The zero-order valence-electron chi connectivity index (χ0n) is 14.8. The van der Waals surface area contributed by atoms with Crippen LogP contribution in [0, 0.1) is 20.8 Å². The number of esters is 1. The second-order valence-electron chi connectivity index (χ2n) is 5.64. The highest BCUT2D eigenvalue weighted by atomic mass is 32.2. The summed E-state index contributed by atoms with van der Waals surface area (Å²) in [6.07, 6.45) is 0. The summed E-state index contributed by atoms with van der Waals surface area (Å²) in [6, 6.07) is 4.27. The van der Waals surface area contributed by atoms with Gasteiger partial charge in [0, 0.05) is 10.9 Å². The number of nitrogens with zero attached hydrogens (tertiary/aromatic N) is 1. The number of carbonyl (C=O) groups is 2. The highest BCUT2D eigenvalue weighted by Gasteiger charge is 2.12. The molecule has 2 aromatic rings. The van der Waals surface area contributed by atoms with E-state index < -0.39 is 0 Å². The molecular formula is C18H22N2O3S2. The lowest BCUT2D eigenvalue weighted by Crippen LogP contribution is -2.16. The third-order valence-electron chi connectivity index (χ3n) is 3.63. The monoisotopic (exact) mass is 378 g/mol. The van der Waals surface area contributed by atoms with Crippen molar-refractivity contribution in [2.75, 3.05) is 23.4 Å². The van der Waals surface area contributed by atoms with E-state index in [9.17, 15) is 9.59 Å². The SMILES string of the molecule is CCOC(=O)CSCC(=O)Nc1nc(-c2cc(C)c(C)cc2C)cs1. The Hall–Kier alpha value is -1.86. The van der Waals surface area contributed by atoms with E-state index in [2.05, 4.69) is 43.2 Å². The Balaban J connectivity index is 1.94. The molecule has 0 unspecified atom stereocenters. The smallest absolute Gasteiger partial charge is 0.315 e. The topological polar surface area (TPSA) is 68.3 Å². The van der Waals surface area contributed by atoms with Crippen molar-refractivity contribution in [1.82, 2.24) is 4.98 Å². The number of amides is 1. The van der Waals surface area contributed by atoms with Gasteiger partial charge < -0.3 is 10.1 Å². The summed E-state index contributed by atoms with van der Waals surface area (Å²) in [5.41, 5.74) is 5.58. The second-order valence-corrected chi connectivity index (χ2v) is 7.48.